The van der Waals surface area contributed by atoms with Crippen LogP contribution in [0.3, 0.4) is 0 Å². The molecular weight excluding hydrogens is 412 g/mol. The van der Waals surface area contributed by atoms with Gasteiger partial charge in [0.05, 0.1) is 5.69 Å². The van der Waals surface area contributed by atoms with E-state index in [4.69, 9.17) is 12.2 Å². The van der Waals surface area contributed by atoms with Crippen LogP contribution in [0, 0.1) is 13.8 Å². The SMILES string of the molecule is Cc1cc(O)c(NC(=S)NC(=O)c2cccc3c(Br)cccc23)cc1C. The van der Waals surface area contributed by atoms with Gasteiger partial charge in [-0.05, 0) is 72.2 Å². The lowest BCUT2D eigenvalue weighted by Crippen LogP contribution is -2.34. The van der Waals surface area contributed by atoms with Crippen LogP contribution in [0.25, 0.3) is 10.8 Å². The van der Waals surface area contributed by atoms with Crippen molar-refractivity contribution in [3.8, 4) is 5.75 Å². The monoisotopic (exact) mass is 428 g/mol. The van der Waals surface area contributed by atoms with Gasteiger partial charge in [0.2, 0.25) is 0 Å². The van der Waals surface area contributed by atoms with Gasteiger partial charge < -0.3 is 10.4 Å². The van der Waals surface area contributed by atoms with Crippen molar-refractivity contribution in [2.75, 3.05) is 5.32 Å². The van der Waals surface area contributed by atoms with E-state index in [1.54, 1.807) is 18.2 Å². The molecule has 0 fully saturated rings. The number of thiocarbonyl (C=S) groups is 1. The zero-order valence-electron chi connectivity index (χ0n) is 14.3. The Kier molecular flexibility index (Phi) is 5.25. The third-order valence-corrected chi connectivity index (χ3v) is 5.10. The van der Waals surface area contributed by atoms with Gasteiger partial charge in [-0.2, -0.15) is 0 Å². The summed E-state index contributed by atoms with van der Waals surface area (Å²) in [5.74, 6) is -0.228. The predicted octanol–water partition coefficient (Wildman–Crippen LogP) is 5.05. The number of carbonyl (C=O) groups is 1. The fourth-order valence-corrected chi connectivity index (χ4v) is 3.40. The Morgan fingerprint density at radius 3 is 2.46 bits per heavy atom. The van der Waals surface area contributed by atoms with Crippen LogP contribution < -0.4 is 10.6 Å². The Morgan fingerprint density at radius 2 is 1.69 bits per heavy atom. The average molecular weight is 429 g/mol. The Labute approximate surface area is 165 Å². The van der Waals surface area contributed by atoms with Crippen molar-refractivity contribution in [2.45, 2.75) is 13.8 Å². The van der Waals surface area contributed by atoms with Crippen LogP contribution in [-0.2, 0) is 0 Å². The lowest BCUT2D eigenvalue weighted by molar-refractivity contribution is 0.0979. The largest absolute Gasteiger partial charge is 0.506 e. The number of hydrogen-bond acceptors (Lipinski definition) is 3. The van der Waals surface area contributed by atoms with Crippen LogP contribution in [0.1, 0.15) is 21.5 Å². The van der Waals surface area contributed by atoms with Crippen molar-refractivity contribution >= 4 is 55.6 Å². The van der Waals surface area contributed by atoms with Crippen LogP contribution in [-0.4, -0.2) is 16.1 Å². The molecule has 0 atom stereocenters. The maximum atomic E-state index is 12.7. The van der Waals surface area contributed by atoms with E-state index in [0.717, 1.165) is 26.4 Å². The van der Waals surface area contributed by atoms with Crippen LogP contribution in [0.2, 0.25) is 0 Å². The summed E-state index contributed by atoms with van der Waals surface area (Å²) in [5.41, 5.74) is 2.97. The molecule has 3 aromatic rings. The number of carbonyl (C=O) groups excluding carboxylic acids is 1. The lowest BCUT2D eigenvalue weighted by atomic mass is 10.0. The second-order valence-electron chi connectivity index (χ2n) is 6.00. The van der Waals surface area contributed by atoms with E-state index in [1.165, 1.54) is 0 Å². The maximum absolute atomic E-state index is 12.7. The first-order chi connectivity index (χ1) is 12.4. The number of fused-ring (bicyclic) bond motifs is 1. The number of rotatable bonds is 2. The summed E-state index contributed by atoms with van der Waals surface area (Å²) in [6.07, 6.45) is 0. The summed E-state index contributed by atoms with van der Waals surface area (Å²) in [4.78, 5) is 12.7. The molecule has 0 aliphatic heterocycles. The number of anilines is 1. The third kappa shape index (κ3) is 3.71. The van der Waals surface area contributed by atoms with Crippen molar-refractivity contribution in [3.05, 3.63) is 69.7 Å². The van der Waals surface area contributed by atoms with E-state index in [1.807, 2.05) is 44.2 Å². The molecule has 0 aliphatic carbocycles. The molecule has 0 spiro atoms. The summed E-state index contributed by atoms with van der Waals surface area (Å²) in [6.45, 7) is 3.85. The molecule has 0 bridgehead atoms. The zero-order chi connectivity index (χ0) is 18.8. The molecule has 0 saturated carbocycles. The Bertz CT molecular complexity index is 1030. The third-order valence-electron chi connectivity index (χ3n) is 4.20. The minimum atomic E-state index is -0.311. The first-order valence-corrected chi connectivity index (χ1v) is 9.16. The van der Waals surface area contributed by atoms with Gasteiger partial charge in [-0.15, -0.1) is 0 Å². The van der Waals surface area contributed by atoms with Crippen molar-refractivity contribution in [1.82, 2.24) is 5.32 Å². The normalized spacial score (nSPS) is 10.6. The molecule has 132 valence electrons. The molecule has 0 saturated heterocycles. The second-order valence-corrected chi connectivity index (χ2v) is 7.26. The highest BCUT2D eigenvalue weighted by Gasteiger charge is 2.13. The second kappa shape index (κ2) is 7.43. The van der Waals surface area contributed by atoms with Gasteiger partial charge >= 0.3 is 0 Å². The van der Waals surface area contributed by atoms with Gasteiger partial charge in [0.1, 0.15) is 5.75 Å². The van der Waals surface area contributed by atoms with Crippen molar-refractivity contribution in [3.63, 3.8) is 0 Å². The minimum Gasteiger partial charge on any atom is -0.506 e. The van der Waals surface area contributed by atoms with Crippen molar-refractivity contribution < 1.29 is 9.90 Å². The Morgan fingerprint density at radius 1 is 1.04 bits per heavy atom. The van der Waals surface area contributed by atoms with Crippen LogP contribution in [0.4, 0.5) is 5.69 Å². The fraction of sp³-hybridized carbons (Fsp3) is 0.100. The van der Waals surface area contributed by atoms with E-state index in [0.29, 0.717) is 11.3 Å². The number of benzene rings is 3. The molecule has 0 aromatic heterocycles. The first kappa shape index (κ1) is 18.4. The smallest absolute Gasteiger partial charge is 0.258 e. The number of aromatic hydroxyl groups is 1. The molecule has 0 radical (unpaired) electrons. The summed E-state index contributed by atoms with van der Waals surface area (Å²) in [7, 11) is 0. The van der Waals surface area contributed by atoms with Gasteiger partial charge in [0.25, 0.3) is 5.91 Å². The number of halogens is 1. The standard InChI is InChI=1S/C20H17BrN2O2S/c1-11-9-17(18(24)10-12(11)2)22-20(26)23-19(25)15-7-3-6-14-13(15)5-4-8-16(14)21/h3-10,24H,1-2H3,(H2,22,23,25,26). The van der Waals surface area contributed by atoms with Crippen LogP contribution in [0.15, 0.2) is 53.0 Å². The molecule has 0 unspecified atom stereocenters. The molecule has 1 amide bonds. The summed E-state index contributed by atoms with van der Waals surface area (Å²) >= 11 is 8.73. The topological polar surface area (TPSA) is 61.4 Å². The molecule has 3 aromatic carbocycles. The van der Waals surface area contributed by atoms with E-state index in [9.17, 15) is 9.90 Å². The summed E-state index contributed by atoms with van der Waals surface area (Å²) in [5, 5.41) is 17.5. The number of aryl methyl sites for hydroxylation is 2. The first-order valence-electron chi connectivity index (χ1n) is 7.96. The zero-order valence-corrected chi connectivity index (χ0v) is 16.7. The quantitative estimate of drug-likeness (QED) is 0.394. The fourth-order valence-electron chi connectivity index (χ4n) is 2.69. The van der Waals surface area contributed by atoms with E-state index in [2.05, 4.69) is 26.6 Å². The van der Waals surface area contributed by atoms with E-state index >= 15 is 0 Å². The van der Waals surface area contributed by atoms with Crippen LogP contribution in [0.5, 0.6) is 5.75 Å². The van der Waals surface area contributed by atoms with Gasteiger partial charge in [-0.1, -0.05) is 40.2 Å². The molecule has 6 heteroatoms. The minimum absolute atomic E-state index is 0.0822. The van der Waals surface area contributed by atoms with Gasteiger partial charge in [0, 0.05) is 10.0 Å². The number of nitrogens with one attached hydrogen (secondary N) is 2. The summed E-state index contributed by atoms with van der Waals surface area (Å²) < 4.78 is 0.922. The maximum Gasteiger partial charge on any atom is 0.258 e. The highest BCUT2D eigenvalue weighted by Crippen LogP contribution is 2.28. The highest BCUT2D eigenvalue weighted by molar-refractivity contribution is 9.10. The Hall–Kier alpha value is -2.44. The Balaban J connectivity index is 1.82. The van der Waals surface area contributed by atoms with E-state index < -0.39 is 0 Å². The molecule has 26 heavy (non-hydrogen) atoms. The van der Waals surface area contributed by atoms with Gasteiger partial charge in [0.15, 0.2) is 5.11 Å². The van der Waals surface area contributed by atoms with Crippen molar-refractivity contribution in [1.29, 1.82) is 0 Å². The van der Waals surface area contributed by atoms with Crippen molar-refractivity contribution in [2.24, 2.45) is 0 Å². The predicted molar refractivity (Wildman–Crippen MR) is 113 cm³/mol. The average Bonchev–Trinajstić information content (AvgIpc) is 2.59. The van der Waals surface area contributed by atoms with Gasteiger partial charge in [-0.25, -0.2) is 0 Å². The lowest BCUT2D eigenvalue weighted by Gasteiger charge is -2.13. The molecule has 3 N–H and O–H groups in total. The molecular formula is C20H17BrN2O2S. The van der Waals surface area contributed by atoms with Crippen LogP contribution >= 0.6 is 28.1 Å². The molecule has 3 rings (SSSR count). The molecule has 4 nitrogen and oxygen atoms in total. The van der Waals surface area contributed by atoms with Gasteiger partial charge in [-0.3, -0.25) is 10.1 Å². The molecule has 0 heterocycles. The number of phenolic OH excluding ortho intramolecular Hbond substituents is 1. The highest BCUT2D eigenvalue weighted by atomic mass is 79.9. The number of hydrogen-bond donors (Lipinski definition) is 3. The van der Waals surface area contributed by atoms with E-state index in [-0.39, 0.29) is 16.8 Å². The molecule has 0 aliphatic rings. The number of amides is 1. The number of phenols is 1. The summed E-state index contributed by atoms with van der Waals surface area (Å²) in [6, 6.07) is 14.7.